The highest BCUT2D eigenvalue weighted by Crippen LogP contribution is 2.26. The summed E-state index contributed by atoms with van der Waals surface area (Å²) in [6.45, 7) is 6.20. The molecule has 3 rings (SSSR count). The smallest absolute Gasteiger partial charge is 0.246 e. The van der Waals surface area contributed by atoms with Crippen LogP contribution in [0.2, 0.25) is 0 Å². The predicted molar refractivity (Wildman–Crippen MR) is 123 cm³/mol. The number of amides is 1. The Morgan fingerprint density at radius 3 is 1.93 bits per heavy atom. The number of carbonyl (C=O) groups is 1. The van der Waals surface area contributed by atoms with Crippen LogP contribution in [0, 0.1) is 0 Å². The lowest BCUT2D eigenvalue weighted by Gasteiger charge is -2.28. The number of hydrogen-bond acceptors (Lipinski definition) is 2. The van der Waals surface area contributed by atoms with Crippen molar-refractivity contribution in [1.82, 2.24) is 4.90 Å². The van der Waals surface area contributed by atoms with E-state index in [1.807, 2.05) is 72.5 Å². The first-order valence-electron chi connectivity index (χ1n) is 10.0. The van der Waals surface area contributed by atoms with Gasteiger partial charge in [-0.15, -0.1) is 0 Å². The SMILES string of the molecule is C=CC(=O)N(CC=C(c1ccccc1)c1ccccc1)[C@H](C)c1ccc(OC)cc1. The van der Waals surface area contributed by atoms with Gasteiger partial charge in [0, 0.05) is 6.54 Å². The van der Waals surface area contributed by atoms with Crippen molar-refractivity contribution in [2.75, 3.05) is 13.7 Å². The monoisotopic (exact) mass is 397 g/mol. The van der Waals surface area contributed by atoms with E-state index in [2.05, 4.69) is 36.9 Å². The van der Waals surface area contributed by atoms with E-state index < -0.39 is 0 Å². The van der Waals surface area contributed by atoms with E-state index in [0.29, 0.717) is 6.54 Å². The second-order valence-corrected chi connectivity index (χ2v) is 6.99. The molecule has 1 atom stereocenters. The molecule has 0 aromatic heterocycles. The molecule has 0 unspecified atom stereocenters. The number of methoxy groups -OCH3 is 1. The number of benzene rings is 3. The third kappa shape index (κ3) is 5.06. The fourth-order valence-electron chi connectivity index (χ4n) is 3.45. The summed E-state index contributed by atoms with van der Waals surface area (Å²) in [6.07, 6.45) is 3.49. The van der Waals surface area contributed by atoms with Crippen LogP contribution in [-0.2, 0) is 4.79 Å². The maximum Gasteiger partial charge on any atom is 0.246 e. The average molecular weight is 398 g/mol. The molecular weight excluding hydrogens is 370 g/mol. The molecule has 0 aliphatic carbocycles. The molecule has 152 valence electrons. The van der Waals surface area contributed by atoms with Crippen molar-refractivity contribution in [3.8, 4) is 5.75 Å². The van der Waals surface area contributed by atoms with Crippen LogP contribution < -0.4 is 4.74 Å². The molecule has 0 N–H and O–H groups in total. The topological polar surface area (TPSA) is 29.5 Å². The molecule has 0 heterocycles. The molecule has 3 nitrogen and oxygen atoms in total. The highest BCUT2D eigenvalue weighted by molar-refractivity contribution is 5.88. The fraction of sp³-hybridized carbons (Fsp3) is 0.148. The van der Waals surface area contributed by atoms with Gasteiger partial charge in [-0.1, -0.05) is 85.5 Å². The average Bonchev–Trinajstić information content (AvgIpc) is 2.82. The molecule has 0 spiro atoms. The molecule has 0 bridgehead atoms. The molecule has 0 saturated carbocycles. The van der Waals surface area contributed by atoms with Crippen LogP contribution in [0.5, 0.6) is 5.75 Å². The fourth-order valence-corrected chi connectivity index (χ4v) is 3.45. The number of carbonyl (C=O) groups excluding carboxylic acids is 1. The molecule has 0 fully saturated rings. The maximum absolute atomic E-state index is 12.7. The van der Waals surface area contributed by atoms with Crippen molar-refractivity contribution in [3.63, 3.8) is 0 Å². The highest BCUT2D eigenvalue weighted by Gasteiger charge is 2.19. The molecule has 0 aliphatic rings. The molecule has 0 saturated heterocycles. The second kappa shape index (κ2) is 10.3. The first-order valence-corrected chi connectivity index (χ1v) is 10.0. The third-order valence-corrected chi connectivity index (χ3v) is 5.19. The first-order chi connectivity index (χ1) is 14.6. The highest BCUT2D eigenvalue weighted by atomic mass is 16.5. The zero-order valence-electron chi connectivity index (χ0n) is 17.5. The van der Waals surface area contributed by atoms with Gasteiger partial charge in [0.2, 0.25) is 5.91 Å². The van der Waals surface area contributed by atoms with Gasteiger partial charge >= 0.3 is 0 Å². The number of nitrogens with zero attached hydrogens (tertiary/aromatic N) is 1. The Labute approximate surface area is 178 Å². The minimum atomic E-state index is -0.106. The number of hydrogen-bond donors (Lipinski definition) is 0. The van der Waals surface area contributed by atoms with E-state index in [9.17, 15) is 4.79 Å². The standard InChI is InChI=1S/C27H27NO2/c1-4-27(29)28(21(2)22-15-17-25(30-3)18-16-22)20-19-26(23-11-7-5-8-12-23)24-13-9-6-10-14-24/h4-19,21H,1,20H2,2-3H3/t21-/m1/s1. The lowest BCUT2D eigenvalue weighted by atomic mass is 9.97. The normalized spacial score (nSPS) is 11.3. The van der Waals surface area contributed by atoms with Crippen molar-refractivity contribution >= 4 is 11.5 Å². The van der Waals surface area contributed by atoms with E-state index in [0.717, 1.165) is 28.0 Å². The van der Waals surface area contributed by atoms with Crippen LogP contribution in [-0.4, -0.2) is 24.5 Å². The van der Waals surface area contributed by atoms with E-state index in [1.54, 1.807) is 7.11 Å². The van der Waals surface area contributed by atoms with Crippen LogP contribution in [0.4, 0.5) is 0 Å². The summed E-state index contributed by atoms with van der Waals surface area (Å²) in [4.78, 5) is 14.5. The van der Waals surface area contributed by atoms with Crippen molar-refractivity contribution in [1.29, 1.82) is 0 Å². The lowest BCUT2D eigenvalue weighted by Crippen LogP contribution is -2.32. The van der Waals surface area contributed by atoms with Crippen molar-refractivity contribution < 1.29 is 9.53 Å². The van der Waals surface area contributed by atoms with Crippen molar-refractivity contribution in [2.24, 2.45) is 0 Å². The zero-order chi connectivity index (χ0) is 21.3. The summed E-state index contributed by atoms with van der Waals surface area (Å²) in [7, 11) is 1.64. The van der Waals surface area contributed by atoms with Gasteiger partial charge in [0.1, 0.15) is 5.75 Å². The zero-order valence-corrected chi connectivity index (χ0v) is 17.5. The summed E-state index contributed by atoms with van der Waals surface area (Å²) in [6, 6.07) is 28.2. The Bertz CT molecular complexity index is 951. The Hall–Kier alpha value is -3.59. The maximum atomic E-state index is 12.7. The predicted octanol–water partition coefficient (Wildman–Crippen LogP) is 5.90. The van der Waals surface area contributed by atoms with E-state index >= 15 is 0 Å². The van der Waals surface area contributed by atoms with E-state index in [-0.39, 0.29) is 11.9 Å². The van der Waals surface area contributed by atoms with Crippen LogP contribution >= 0.6 is 0 Å². The van der Waals surface area contributed by atoms with Gasteiger partial charge in [-0.25, -0.2) is 0 Å². The number of rotatable bonds is 8. The van der Waals surface area contributed by atoms with Crippen molar-refractivity contribution in [3.05, 3.63) is 120 Å². The molecule has 30 heavy (non-hydrogen) atoms. The van der Waals surface area contributed by atoms with E-state index in [4.69, 9.17) is 4.74 Å². The Kier molecular flexibility index (Phi) is 7.23. The van der Waals surface area contributed by atoms with Crippen LogP contribution in [0.3, 0.4) is 0 Å². The molecule has 1 amide bonds. The van der Waals surface area contributed by atoms with Gasteiger partial charge in [-0.05, 0) is 47.4 Å². The summed E-state index contributed by atoms with van der Waals surface area (Å²) >= 11 is 0. The van der Waals surface area contributed by atoms with Crippen LogP contribution in [0.25, 0.3) is 5.57 Å². The second-order valence-electron chi connectivity index (χ2n) is 6.99. The summed E-state index contributed by atoms with van der Waals surface area (Å²) in [5, 5.41) is 0. The summed E-state index contributed by atoms with van der Waals surface area (Å²) in [5.41, 5.74) is 4.37. The quantitative estimate of drug-likeness (QED) is 0.443. The van der Waals surface area contributed by atoms with Crippen LogP contribution in [0.1, 0.15) is 29.7 Å². The third-order valence-electron chi connectivity index (χ3n) is 5.19. The van der Waals surface area contributed by atoms with Gasteiger partial charge in [0.25, 0.3) is 0 Å². The van der Waals surface area contributed by atoms with E-state index in [1.165, 1.54) is 6.08 Å². The van der Waals surface area contributed by atoms with Gasteiger partial charge in [0.15, 0.2) is 0 Å². The molecular formula is C27H27NO2. The molecule has 3 aromatic rings. The molecule has 0 radical (unpaired) electrons. The molecule has 0 aliphatic heterocycles. The Balaban J connectivity index is 1.94. The van der Waals surface area contributed by atoms with Crippen molar-refractivity contribution in [2.45, 2.75) is 13.0 Å². The lowest BCUT2D eigenvalue weighted by molar-refractivity contribution is -0.127. The minimum absolute atomic E-state index is 0.102. The minimum Gasteiger partial charge on any atom is -0.497 e. The Morgan fingerprint density at radius 2 is 1.47 bits per heavy atom. The summed E-state index contributed by atoms with van der Waals surface area (Å²) in [5.74, 6) is 0.693. The summed E-state index contributed by atoms with van der Waals surface area (Å²) < 4.78 is 5.25. The number of ether oxygens (including phenoxy) is 1. The van der Waals surface area contributed by atoms with Gasteiger partial charge in [-0.2, -0.15) is 0 Å². The largest absolute Gasteiger partial charge is 0.497 e. The molecule has 3 heteroatoms. The Morgan fingerprint density at radius 1 is 0.933 bits per heavy atom. The first kappa shape index (κ1) is 21.1. The van der Waals surface area contributed by atoms with Gasteiger partial charge in [0.05, 0.1) is 13.2 Å². The van der Waals surface area contributed by atoms with Gasteiger partial charge < -0.3 is 9.64 Å². The van der Waals surface area contributed by atoms with Gasteiger partial charge in [-0.3, -0.25) is 4.79 Å². The molecule has 3 aromatic carbocycles. The van der Waals surface area contributed by atoms with Crippen LogP contribution in [0.15, 0.2) is 104 Å².